The molecule has 0 saturated carbocycles. The zero-order chi connectivity index (χ0) is 15.6. The van der Waals surface area contributed by atoms with Crippen LogP contribution in [0.25, 0.3) is 0 Å². The summed E-state index contributed by atoms with van der Waals surface area (Å²) in [5.74, 6) is -0.305. The van der Waals surface area contributed by atoms with E-state index in [1.807, 2.05) is 38.1 Å². The molecule has 4 heteroatoms. The Kier molecular flexibility index (Phi) is 4.49. The first-order valence-electron chi connectivity index (χ1n) is 6.84. The zero-order valence-electron chi connectivity index (χ0n) is 12.5. The highest BCUT2D eigenvalue weighted by atomic mass is 32.2. The second kappa shape index (κ2) is 6.00. The number of aliphatic hydroxyl groups excluding tert-OH is 1. The molecule has 21 heavy (non-hydrogen) atoms. The van der Waals surface area contributed by atoms with Crippen LogP contribution in [0.2, 0.25) is 0 Å². The average Bonchev–Trinajstić information content (AvgIpc) is 2.37. The molecule has 0 aliphatic heterocycles. The Bertz CT molecular complexity index is 748. The Labute approximate surface area is 126 Å². The SMILES string of the molecule is Cc1cccc(C(O)CS(=O)(=O)c2ccc(C)cc2C)c1. The van der Waals surface area contributed by atoms with Crippen molar-refractivity contribution in [3.8, 4) is 0 Å². The van der Waals surface area contributed by atoms with Gasteiger partial charge < -0.3 is 5.11 Å². The van der Waals surface area contributed by atoms with Crippen molar-refractivity contribution in [1.29, 1.82) is 0 Å². The fourth-order valence-electron chi connectivity index (χ4n) is 2.42. The molecule has 112 valence electrons. The van der Waals surface area contributed by atoms with Crippen LogP contribution in [0.1, 0.15) is 28.4 Å². The van der Waals surface area contributed by atoms with E-state index in [2.05, 4.69) is 0 Å². The molecule has 0 saturated heterocycles. The monoisotopic (exact) mass is 304 g/mol. The smallest absolute Gasteiger partial charge is 0.181 e. The highest BCUT2D eigenvalue weighted by Gasteiger charge is 2.22. The van der Waals surface area contributed by atoms with Crippen molar-refractivity contribution >= 4 is 9.84 Å². The lowest BCUT2D eigenvalue weighted by molar-refractivity contribution is 0.201. The number of hydrogen-bond acceptors (Lipinski definition) is 3. The fourth-order valence-corrected chi connectivity index (χ4v) is 4.03. The van der Waals surface area contributed by atoms with Gasteiger partial charge in [0.05, 0.1) is 16.8 Å². The van der Waals surface area contributed by atoms with Crippen molar-refractivity contribution in [2.45, 2.75) is 31.8 Å². The summed E-state index contributed by atoms with van der Waals surface area (Å²) >= 11 is 0. The lowest BCUT2D eigenvalue weighted by Crippen LogP contribution is -2.16. The topological polar surface area (TPSA) is 54.4 Å². The number of benzene rings is 2. The molecule has 1 unspecified atom stereocenters. The Morgan fingerprint density at radius 1 is 1.00 bits per heavy atom. The molecular weight excluding hydrogens is 284 g/mol. The van der Waals surface area contributed by atoms with Crippen molar-refractivity contribution < 1.29 is 13.5 Å². The summed E-state index contributed by atoms with van der Waals surface area (Å²) in [5.41, 5.74) is 3.36. The molecule has 2 aromatic carbocycles. The van der Waals surface area contributed by atoms with Gasteiger partial charge in [-0.05, 0) is 38.0 Å². The summed E-state index contributed by atoms with van der Waals surface area (Å²) in [4.78, 5) is 0.291. The van der Waals surface area contributed by atoms with Gasteiger partial charge in [-0.1, -0.05) is 47.5 Å². The maximum absolute atomic E-state index is 12.5. The maximum atomic E-state index is 12.5. The minimum Gasteiger partial charge on any atom is -0.387 e. The van der Waals surface area contributed by atoms with Crippen molar-refractivity contribution in [2.75, 3.05) is 5.75 Å². The van der Waals surface area contributed by atoms with Crippen molar-refractivity contribution in [3.63, 3.8) is 0 Å². The third kappa shape index (κ3) is 3.71. The number of rotatable bonds is 4. The minimum absolute atomic E-state index is 0.291. The van der Waals surface area contributed by atoms with Gasteiger partial charge in [0.1, 0.15) is 0 Å². The Morgan fingerprint density at radius 2 is 1.67 bits per heavy atom. The van der Waals surface area contributed by atoms with Crippen LogP contribution in [-0.2, 0) is 9.84 Å². The summed E-state index contributed by atoms with van der Waals surface area (Å²) in [6.45, 7) is 5.61. The first-order chi connectivity index (χ1) is 9.79. The van der Waals surface area contributed by atoms with Gasteiger partial charge in [-0.25, -0.2) is 8.42 Å². The van der Waals surface area contributed by atoms with E-state index in [9.17, 15) is 13.5 Å². The van der Waals surface area contributed by atoms with Crippen LogP contribution in [0.5, 0.6) is 0 Å². The molecule has 1 atom stereocenters. The molecule has 0 bridgehead atoms. The first kappa shape index (κ1) is 15.7. The number of aliphatic hydroxyl groups is 1. The lowest BCUT2D eigenvalue weighted by Gasteiger charge is -2.14. The van der Waals surface area contributed by atoms with Gasteiger partial charge in [-0.2, -0.15) is 0 Å². The third-order valence-electron chi connectivity index (χ3n) is 3.47. The van der Waals surface area contributed by atoms with Crippen LogP contribution in [0, 0.1) is 20.8 Å². The van der Waals surface area contributed by atoms with Gasteiger partial charge in [0.25, 0.3) is 0 Å². The number of aryl methyl sites for hydroxylation is 3. The van der Waals surface area contributed by atoms with Crippen molar-refractivity contribution in [1.82, 2.24) is 0 Å². The van der Waals surface area contributed by atoms with Crippen LogP contribution < -0.4 is 0 Å². The molecule has 0 radical (unpaired) electrons. The van der Waals surface area contributed by atoms with Crippen molar-refractivity contribution in [2.24, 2.45) is 0 Å². The molecule has 0 aliphatic carbocycles. The van der Waals surface area contributed by atoms with Crippen LogP contribution in [0.4, 0.5) is 0 Å². The maximum Gasteiger partial charge on any atom is 0.181 e. The van der Waals surface area contributed by atoms with Crippen LogP contribution in [-0.4, -0.2) is 19.3 Å². The minimum atomic E-state index is -3.52. The largest absolute Gasteiger partial charge is 0.387 e. The molecular formula is C17H20O3S. The second-order valence-corrected chi connectivity index (χ2v) is 7.48. The average molecular weight is 304 g/mol. The van der Waals surface area contributed by atoms with Gasteiger partial charge in [-0.15, -0.1) is 0 Å². The van der Waals surface area contributed by atoms with E-state index in [0.717, 1.165) is 11.1 Å². The van der Waals surface area contributed by atoms with Gasteiger partial charge in [0, 0.05) is 0 Å². The van der Waals surface area contributed by atoms with E-state index in [1.54, 1.807) is 25.1 Å². The second-order valence-electron chi connectivity index (χ2n) is 5.48. The Morgan fingerprint density at radius 3 is 2.29 bits per heavy atom. The predicted octanol–water partition coefficient (Wildman–Crippen LogP) is 3.12. The number of hydrogen-bond donors (Lipinski definition) is 1. The van der Waals surface area contributed by atoms with E-state index in [0.29, 0.717) is 16.0 Å². The zero-order valence-corrected chi connectivity index (χ0v) is 13.3. The predicted molar refractivity (Wildman–Crippen MR) is 84.1 cm³/mol. The molecule has 3 nitrogen and oxygen atoms in total. The summed E-state index contributed by atoms with van der Waals surface area (Å²) in [6, 6.07) is 12.5. The normalized spacial score (nSPS) is 13.1. The fraction of sp³-hybridized carbons (Fsp3) is 0.294. The standard InChI is InChI=1S/C17H20O3S/c1-12-5-4-6-15(10-12)16(18)11-21(19,20)17-8-7-13(2)9-14(17)3/h4-10,16,18H,11H2,1-3H3. The highest BCUT2D eigenvalue weighted by Crippen LogP contribution is 2.23. The summed E-state index contributed by atoms with van der Waals surface area (Å²) < 4.78 is 24.9. The van der Waals surface area contributed by atoms with Crippen LogP contribution in [0.15, 0.2) is 47.4 Å². The molecule has 0 heterocycles. The number of sulfone groups is 1. The van der Waals surface area contributed by atoms with E-state index < -0.39 is 15.9 Å². The van der Waals surface area contributed by atoms with Crippen LogP contribution in [0.3, 0.4) is 0 Å². The van der Waals surface area contributed by atoms with Gasteiger partial charge in [0.2, 0.25) is 0 Å². The molecule has 0 aromatic heterocycles. The van der Waals surface area contributed by atoms with E-state index in [1.165, 1.54) is 0 Å². The quantitative estimate of drug-likeness (QED) is 0.944. The highest BCUT2D eigenvalue weighted by molar-refractivity contribution is 7.91. The van der Waals surface area contributed by atoms with E-state index >= 15 is 0 Å². The Hall–Kier alpha value is -1.65. The first-order valence-corrected chi connectivity index (χ1v) is 8.49. The summed E-state index contributed by atoms with van der Waals surface area (Å²) in [7, 11) is -3.52. The van der Waals surface area contributed by atoms with Gasteiger partial charge >= 0.3 is 0 Å². The summed E-state index contributed by atoms with van der Waals surface area (Å²) in [5, 5.41) is 10.2. The van der Waals surface area contributed by atoms with Crippen LogP contribution >= 0.6 is 0 Å². The van der Waals surface area contributed by atoms with Gasteiger partial charge in [-0.3, -0.25) is 0 Å². The van der Waals surface area contributed by atoms with Gasteiger partial charge in [0.15, 0.2) is 9.84 Å². The Balaban J connectivity index is 2.29. The molecule has 0 spiro atoms. The molecule has 0 aliphatic rings. The van der Waals surface area contributed by atoms with E-state index in [-0.39, 0.29) is 5.75 Å². The summed E-state index contributed by atoms with van der Waals surface area (Å²) in [6.07, 6.45) is -1.02. The molecule has 0 amide bonds. The molecule has 0 fully saturated rings. The molecule has 2 aromatic rings. The van der Waals surface area contributed by atoms with E-state index in [4.69, 9.17) is 0 Å². The van der Waals surface area contributed by atoms with Crippen molar-refractivity contribution in [3.05, 3.63) is 64.7 Å². The molecule has 2 rings (SSSR count). The lowest BCUT2D eigenvalue weighted by atomic mass is 10.1. The third-order valence-corrected chi connectivity index (χ3v) is 5.35. The molecule has 1 N–H and O–H groups in total.